The molecule has 0 saturated heterocycles. The molecule has 0 bridgehead atoms. The van der Waals surface area contributed by atoms with Crippen LogP contribution in [-0.2, 0) is 9.47 Å². The van der Waals surface area contributed by atoms with Gasteiger partial charge in [-0.05, 0) is 13.8 Å². The first kappa shape index (κ1) is 11.2. The van der Waals surface area contributed by atoms with Crippen molar-refractivity contribution < 1.29 is 18.8 Å². The van der Waals surface area contributed by atoms with E-state index in [9.17, 15) is 4.79 Å². The number of ether oxygens (including phenoxy) is 2. The molecule has 0 aromatic rings. The first-order chi connectivity index (χ1) is 5.58. The van der Waals surface area contributed by atoms with E-state index in [1.807, 2.05) is 7.05 Å². The van der Waals surface area contributed by atoms with Crippen molar-refractivity contribution in [2.24, 2.45) is 0 Å². The van der Waals surface area contributed by atoms with Crippen LogP contribution in [0.1, 0.15) is 13.8 Å². The van der Waals surface area contributed by atoms with E-state index in [0.29, 0.717) is 6.73 Å². The van der Waals surface area contributed by atoms with Gasteiger partial charge in [0.05, 0.1) is 27.2 Å². The van der Waals surface area contributed by atoms with Crippen LogP contribution in [-0.4, -0.2) is 44.6 Å². The Morgan fingerprint density at radius 3 is 2.17 bits per heavy atom. The third kappa shape index (κ3) is 3.57. The molecule has 0 rings (SSSR count). The maximum absolute atomic E-state index is 10.6. The molecule has 0 N–H and O–H groups in total. The van der Waals surface area contributed by atoms with Crippen LogP contribution in [0.4, 0.5) is 4.79 Å². The Bertz CT molecular complexity index is 143. The SMILES string of the molecule is CC[N+](C)(CC)COC(=O)OC. The van der Waals surface area contributed by atoms with Gasteiger partial charge in [0, 0.05) is 0 Å². The fourth-order valence-corrected chi connectivity index (χ4v) is 0.674. The second kappa shape index (κ2) is 4.98. The summed E-state index contributed by atoms with van der Waals surface area (Å²) in [4.78, 5) is 10.6. The van der Waals surface area contributed by atoms with E-state index in [2.05, 4.69) is 18.6 Å². The largest absolute Gasteiger partial charge is 0.512 e. The highest BCUT2D eigenvalue weighted by Crippen LogP contribution is 2.01. The smallest absolute Gasteiger partial charge is 0.437 e. The minimum atomic E-state index is -0.610. The predicted molar refractivity (Wildman–Crippen MR) is 45.6 cm³/mol. The highest BCUT2D eigenvalue weighted by molar-refractivity contribution is 5.59. The zero-order valence-electron chi connectivity index (χ0n) is 8.29. The van der Waals surface area contributed by atoms with E-state index < -0.39 is 6.16 Å². The summed E-state index contributed by atoms with van der Waals surface area (Å²) in [7, 11) is 3.34. The number of carbonyl (C=O) groups excluding carboxylic acids is 1. The van der Waals surface area contributed by atoms with Gasteiger partial charge in [0.15, 0.2) is 0 Å². The molecule has 0 aliphatic rings. The molecular weight excluding hydrogens is 158 g/mol. The van der Waals surface area contributed by atoms with Crippen molar-refractivity contribution in [3.8, 4) is 0 Å². The van der Waals surface area contributed by atoms with E-state index in [4.69, 9.17) is 4.74 Å². The molecule has 0 amide bonds. The van der Waals surface area contributed by atoms with E-state index in [0.717, 1.165) is 17.6 Å². The van der Waals surface area contributed by atoms with Crippen molar-refractivity contribution >= 4 is 6.16 Å². The molecule has 0 aromatic carbocycles. The molecule has 0 heterocycles. The molecule has 0 saturated carbocycles. The molecule has 4 heteroatoms. The lowest BCUT2D eigenvalue weighted by molar-refractivity contribution is -0.922. The monoisotopic (exact) mass is 176 g/mol. The minimum Gasteiger partial charge on any atom is -0.437 e. The van der Waals surface area contributed by atoms with Crippen LogP contribution >= 0.6 is 0 Å². The van der Waals surface area contributed by atoms with E-state index in [1.165, 1.54) is 7.11 Å². The molecule has 0 spiro atoms. The predicted octanol–water partition coefficient (Wildman–Crippen LogP) is 1.21. The average molecular weight is 176 g/mol. The Morgan fingerprint density at radius 2 is 1.83 bits per heavy atom. The molecule has 0 aromatic heterocycles. The lowest BCUT2D eigenvalue weighted by atomic mass is 10.5. The second-order valence-electron chi connectivity index (χ2n) is 2.98. The van der Waals surface area contributed by atoms with Gasteiger partial charge < -0.3 is 9.47 Å². The van der Waals surface area contributed by atoms with Crippen LogP contribution in [0.25, 0.3) is 0 Å². The van der Waals surface area contributed by atoms with E-state index in [1.54, 1.807) is 0 Å². The topological polar surface area (TPSA) is 35.5 Å². The number of carbonyl (C=O) groups is 1. The van der Waals surface area contributed by atoms with Crippen molar-refractivity contribution in [1.82, 2.24) is 0 Å². The van der Waals surface area contributed by atoms with Crippen molar-refractivity contribution in [2.45, 2.75) is 13.8 Å². The molecule has 12 heavy (non-hydrogen) atoms. The van der Waals surface area contributed by atoms with Crippen LogP contribution in [0.2, 0.25) is 0 Å². The number of quaternary nitrogens is 1. The fourth-order valence-electron chi connectivity index (χ4n) is 0.674. The third-order valence-corrected chi connectivity index (χ3v) is 2.19. The first-order valence-electron chi connectivity index (χ1n) is 4.12. The Kier molecular flexibility index (Phi) is 4.66. The number of methoxy groups -OCH3 is 1. The van der Waals surface area contributed by atoms with Crippen molar-refractivity contribution in [3.05, 3.63) is 0 Å². The maximum Gasteiger partial charge on any atom is 0.512 e. The quantitative estimate of drug-likeness (QED) is 0.367. The van der Waals surface area contributed by atoms with Crippen LogP contribution in [0.3, 0.4) is 0 Å². The summed E-state index contributed by atoms with van der Waals surface area (Å²) in [6.07, 6.45) is -0.610. The molecule has 0 atom stereocenters. The summed E-state index contributed by atoms with van der Waals surface area (Å²) in [6, 6.07) is 0. The second-order valence-corrected chi connectivity index (χ2v) is 2.98. The standard InChI is InChI=1S/C8H18NO3/c1-5-9(3,6-2)7-12-8(10)11-4/h5-7H2,1-4H3/q+1. The van der Waals surface area contributed by atoms with Crippen molar-refractivity contribution in [3.63, 3.8) is 0 Å². The molecule has 72 valence electrons. The summed E-state index contributed by atoms with van der Waals surface area (Å²) < 4.78 is 9.93. The maximum atomic E-state index is 10.6. The molecule has 0 aliphatic heterocycles. The summed E-state index contributed by atoms with van der Waals surface area (Å²) in [5.41, 5.74) is 0. The molecule has 4 nitrogen and oxygen atoms in total. The molecular formula is C8H18NO3+. The van der Waals surface area contributed by atoms with Gasteiger partial charge in [0.1, 0.15) is 0 Å². The molecule has 0 radical (unpaired) electrons. The average Bonchev–Trinajstić information content (AvgIpc) is 2.13. The lowest BCUT2D eigenvalue weighted by Crippen LogP contribution is -2.45. The summed E-state index contributed by atoms with van der Waals surface area (Å²) in [5.74, 6) is 0. The summed E-state index contributed by atoms with van der Waals surface area (Å²) in [5, 5.41) is 0. The van der Waals surface area contributed by atoms with Gasteiger partial charge in [0.2, 0.25) is 6.73 Å². The van der Waals surface area contributed by atoms with Gasteiger partial charge in [-0.2, -0.15) is 0 Å². The first-order valence-corrected chi connectivity index (χ1v) is 4.12. The van der Waals surface area contributed by atoms with E-state index >= 15 is 0 Å². The fraction of sp³-hybridized carbons (Fsp3) is 0.875. The van der Waals surface area contributed by atoms with Crippen LogP contribution < -0.4 is 0 Å². The summed E-state index contributed by atoms with van der Waals surface area (Å²) >= 11 is 0. The highest BCUT2D eigenvalue weighted by Gasteiger charge is 2.18. The van der Waals surface area contributed by atoms with E-state index in [-0.39, 0.29) is 0 Å². The Labute approximate surface area is 73.7 Å². The summed E-state index contributed by atoms with van der Waals surface area (Å²) in [6.45, 7) is 6.37. The van der Waals surface area contributed by atoms with Gasteiger partial charge in [-0.1, -0.05) is 0 Å². The number of nitrogens with zero attached hydrogens (tertiary/aromatic N) is 1. The molecule has 0 unspecified atom stereocenters. The Hall–Kier alpha value is -0.770. The highest BCUT2D eigenvalue weighted by atomic mass is 16.7. The van der Waals surface area contributed by atoms with Gasteiger partial charge in [-0.15, -0.1) is 0 Å². The number of hydrogen-bond acceptors (Lipinski definition) is 3. The number of hydrogen-bond donors (Lipinski definition) is 0. The minimum absolute atomic E-state index is 0.375. The van der Waals surface area contributed by atoms with Crippen LogP contribution in [0.15, 0.2) is 0 Å². The third-order valence-electron chi connectivity index (χ3n) is 2.19. The zero-order valence-corrected chi connectivity index (χ0v) is 8.29. The lowest BCUT2D eigenvalue weighted by Gasteiger charge is -2.30. The van der Waals surface area contributed by atoms with Gasteiger partial charge in [-0.3, -0.25) is 4.48 Å². The van der Waals surface area contributed by atoms with Gasteiger partial charge >= 0.3 is 6.16 Å². The van der Waals surface area contributed by atoms with Crippen molar-refractivity contribution in [2.75, 3.05) is 34.0 Å². The molecule has 0 fully saturated rings. The zero-order chi connectivity index (χ0) is 9.61. The normalized spacial score (nSPS) is 11.0. The van der Waals surface area contributed by atoms with Gasteiger partial charge in [0.25, 0.3) is 0 Å². The van der Waals surface area contributed by atoms with Crippen molar-refractivity contribution in [1.29, 1.82) is 0 Å². The van der Waals surface area contributed by atoms with Gasteiger partial charge in [-0.25, -0.2) is 4.79 Å². The number of rotatable bonds is 4. The Morgan fingerprint density at radius 1 is 1.33 bits per heavy atom. The molecule has 0 aliphatic carbocycles. The van der Waals surface area contributed by atoms with Crippen LogP contribution in [0, 0.1) is 0 Å². The Balaban J connectivity index is 3.80. The van der Waals surface area contributed by atoms with Crippen LogP contribution in [0.5, 0.6) is 0 Å².